The molecule has 0 aliphatic carbocycles. The molecule has 1 aliphatic rings. The molecule has 2 rings (SSSR count). The van der Waals surface area contributed by atoms with Crippen LogP contribution in [0.5, 0.6) is 0 Å². The van der Waals surface area contributed by atoms with Crippen LogP contribution in [-0.4, -0.2) is 27.2 Å². The van der Waals surface area contributed by atoms with Crippen LogP contribution in [0, 0.1) is 0 Å². The summed E-state index contributed by atoms with van der Waals surface area (Å²) in [5.41, 5.74) is -1.01. The Morgan fingerprint density at radius 3 is 3.00 bits per heavy atom. The molecule has 9 heteroatoms. The first-order valence-corrected chi connectivity index (χ1v) is 6.45. The van der Waals surface area contributed by atoms with Gasteiger partial charge in [0.25, 0.3) is 5.56 Å². The average molecular weight is 275 g/mol. The zero-order valence-electron chi connectivity index (χ0n) is 9.31. The fraction of sp³-hybridized carbons (Fsp3) is 0.556. The first-order valence-electron chi connectivity index (χ1n) is 5.32. The molecule has 2 heterocycles. The molecule has 98 valence electrons. The molecule has 0 spiro atoms. The van der Waals surface area contributed by atoms with E-state index in [1.807, 2.05) is 0 Å². The van der Waals surface area contributed by atoms with Crippen LogP contribution in [0.3, 0.4) is 0 Å². The number of H-pyrrole nitrogens is 1. The number of aromatic nitrogens is 2. The monoisotopic (exact) mass is 275 g/mol. The Kier molecular flexibility index (Phi) is 4.03. The van der Waals surface area contributed by atoms with Gasteiger partial charge in [-0.15, -0.1) is 9.42 Å². The molecule has 1 aromatic rings. The first kappa shape index (κ1) is 13.1. The van der Waals surface area contributed by atoms with Gasteiger partial charge < -0.3 is 4.74 Å². The lowest BCUT2D eigenvalue weighted by molar-refractivity contribution is -0.0203. The number of hydrogen-bond acceptors (Lipinski definition) is 5. The van der Waals surface area contributed by atoms with Crippen LogP contribution in [0.1, 0.15) is 19.1 Å². The lowest BCUT2D eigenvalue weighted by Crippen LogP contribution is -2.31. The zero-order valence-corrected chi connectivity index (χ0v) is 10.2. The van der Waals surface area contributed by atoms with Crippen LogP contribution in [0.15, 0.2) is 21.9 Å². The zero-order chi connectivity index (χ0) is 13.1. The van der Waals surface area contributed by atoms with Gasteiger partial charge in [0, 0.05) is 16.8 Å². The average Bonchev–Trinajstić information content (AvgIpc) is 2.75. The Morgan fingerprint density at radius 2 is 2.33 bits per heavy atom. The fourth-order valence-electron chi connectivity index (χ4n) is 1.81. The van der Waals surface area contributed by atoms with E-state index in [0.717, 1.165) is 0 Å². The van der Waals surface area contributed by atoms with E-state index in [0.29, 0.717) is 12.8 Å². The number of aromatic amines is 1. The second kappa shape index (κ2) is 5.53. The summed E-state index contributed by atoms with van der Waals surface area (Å²) in [6.45, 7) is 0.000305. The third kappa shape index (κ3) is 3.11. The van der Waals surface area contributed by atoms with Crippen LogP contribution in [0.25, 0.3) is 0 Å². The Labute approximate surface area is 102 Å². The van der Waals surface area contributed by atoms with Gasteiger partial charge in [-0.05, 0) is 12.8 Å². The molecular weight excluding hydrogens is 263 g/mol. The van der Waals surface area contributed by atoms with Gasteiger partial charge in [-0.3, -0.25) is 14.3 Å². The third-order valence-electron chi connectivity index (χ3n) is 2.62. The van der Waals surface area contributed by atoms with Crippen LogP contribution >= 0.6 is 8.25 Å². The summed E-state index contributed by atoms with van der Waals surface area (Å²) >= 11 is 0. The molecular formula is C9H12N2O6P+. The minimum Gasteiger partial charge on any atom is -0.352 e. The smallest absolute Gasteiger partial charge is 0.352 e. The molecule has 1 fully saturated rings. The minimum absolute atomic E-state index is 0.000305. The second-order valence-electron chi connectivity index (χ2n) is 3.84. The van der Waals surface area contributed by atoms with E-state index in [4.69, 9.17) is 9.63 Å². The van der Waals surface area contributed by atoms with Crippen LogP contribution in [0.4, 0.5) is 0 Å². The molecule has 3 unspecified atom stereocenters. The quantitative estimate of drug-likeness (QED) is 0.741. The molecule has 0 saturated carbocycles. The minimum atomic E-state index is -2.64. The van der Waals surface area contributed by atoms with Crippen molar-refractivity contribution in [3.8, 4) is 0 Å². The molecule has 0 aromatic carbocycles. The van der Waals surface area contributed by atoms with Gasteiger partial charge in [-0.2, -0.15) is 0 Å². The molecule has 18 heavy (non-hydrogen) atoms. The summed E-state index contributed by atoms with van der Waals surface area (Å²) in [4.78, 5) is 33.1. The number of nitrogens with zero attached hydrogens (tertiary/aromatic N) is 1. The molecule has 3 atom stereocenters. The highest BCUT2D eigenvalue weighted by atomic mass is 31.1. The lowest BCUT2D eigenvalue weighted by Gasteiger charge is -2.13. The maximum Gasteiger partial charge on any atom is 0.694 e. The second-order valence-corrected chi connectivity index (χ2v) is 4.57. The van der Waals surface area contributed by atoms with Crippen molar-refractivity contribution < 1.29 is 18.7 Å². The molecule has 1 saturated heterocycles. The number of nitrogens with one attached hydrogen (secondary N) is 1. The van der Waals surface area contributed by atoms with Gasteiger partial charge in [0.05, 0.1) is 6.10 Å². The van der Waals surface area contributed by atoms with Gasteiger partial charge in [-0.25, -0.2) is 4.79 Å². The van der Waals surface area contributed by atoms with Crippen molar-refractivity contribution in [2.75, 3.05) is 6.61 Å². The van der Waals surface area contributed by atoms with Crippen molar-refractivity contribution in [2.24, 2.45) is 0 Å². The first-order chi connectivity index (χ1) is 8.56. The van der Waals surface area contributed by atoms with Crippen molar-refractivity contribution >= 4 is 8.25 Å². The third-order valence-corrected chi connectivity index (χ3v) is 2.99. The maximum atomic E-state index is 11.5. The van der Waals surface area contributed by atoms with E-state index >= 15 is 0 Å². The van der Waals surface area contributed by atoms with Gasteiger partial charge >= 0.3 is 13.9 Å². The summed E-state index contributed by atoms with van der Waals surface area (Å²) in [5.74, 6) is 0. The highest BCUT2D eigenvalue weighted by Gasteiger charge is 2.30. The summed E-state index contributed by atoms with van der Waals surface area (Å²) in [7, 11) is -2.64. The number of ether oxygens (including phenoxy) is 1. The molecule has 0 radical (unpaired) electrons. The molecule has 1 aliphatic heterocycles. The van der Waals surface area contributed by atoms with Gasteiger partial charge in [-0.1, -0.05) is 0 Å². The van der Waals surface area contributed by atoms with E-state index in [1.165, 1.54) is 16.8 Å². The van der Waals surface area contributed by atoms with Crippen molar-refractivity contribution in [1.82, 2.24) is 9.55 Å². The van der Waals surface area contributed by atoms with E-state index in [2.05, 4.69) is 9.51 Å². The predicted molar refractivity (Wildman–Crippen MR) is 60.2 cm³/mol. The van der Waals surface area contributed by atoms with Crippen LogP contribution in [0.2, 0.25) is 0 Å². The molecule has 1 aromatic heterocycles. The Balaban J connectivity index is 2.02. The van der Waals surface area contributed by atoms with E-state index < -0.39 is 25.7 Å². The van der Waals surface area contributed by atoms with Gasteiger partial charge in [0.15, 0.2) is 0 Å². The summed E-state index contributed by atoms with van der Waals surface area (Å²) in [6.07, 6.45) is 1.72. The van der Waals surface area contributed by atoms with E-state index in [1.54, 1.807) is 0 Å². The summed E-state index contributed by atoms with van der Waals surface area (Å²) in [5, 5.41) is 0. The Hall–Kier alpha value is -1.34. The van der Waals surface area contributed by atoms with Crippen molar-refractivity contribution in [3.63, 3.8) is 0 Å². The maximum absolute atomic E-state index is 11.5. The molecule has 8 nitrogen and oxygen atoms in total. The van der Waals surface area contributed by atoms with E-state index in [9.17, 15) is 14.2 Å². The van der Waals surface area contributed by atoms with Crippen molar-refractivity contribution in [2.45, 2.75) is 25.2 Å². The molecule has 0 amide bonds. The molecule has 0 bridgehead atoms. The lowest BCUT2D eigenvalue weighted by atomic mass is 10.2. The summed E-state index contributed by atoms with van der Waals surface area (Å²) in [6, 6.07) is 1.24. The van der Waals surface area contributed by atoms with Crippen LogP contribution < -0.4 is 11.2 Å². The highest BCUT2D eigenvalue weighted by Crippen LogP contribution is 2.28. The topological polar surface area (TPSA) is 111 Å². The normalized spacial score (nSPS) is 24.2. The number of hydrogen-bond donors (Lipinski definition) is 2. The Morgan fingerprint density at radius 1 is 1.56 bits per heavy atom. The standard InChI is InChI=1S/C9H11N2O6P/c12-7-3-4-11(9(13)10-7)8-2-1-6(17-8)5-16-18(14)15/h3-4,6,8H,1-2,5H2,(H-,10,12,13,14,15)/p+1. The van der Waals surface area contributed by atoms with Crippen molar-refractivity contribution in [3.05, 3.63) is 33.1 Å². The molecule has 2 N–H and O–H groups in total. The van der Waals surface area contributed by atoms with Gasteiger partial charge in [0.1, 0.15) is 12.8 Å². The highest BCUT2D eigenvalue weighted by molar-refractivity contribution is 7.32. The largest absolute Gasteiger partial charge is 0.694 e. The Bertz CT molecular complexity index is 552. The van der Waals surface area contributed by atoms with Crippen molar-refractivity contribution in [1.29, 1.82) is 0 Å². The fourth-order valence-corrected chi connectivity index (χ4v) is 2.11. The van der Waals surface area contributed by atoms with E-state index in [-0.39, 0.29) is 12.7 Å². The summed E-state index contributed by atoms with van der Waals surface area (Å²) < 4.78 is 21.7. The number of rotatable bonds is 4. The van der Waals surface area contributed by atoms with Crippen LogP contribution in [-0.2, 0) is 13.8 Å². The SMILES string of the molecule is O=c1ccn(C2CCC(CO[P+](=O)O)O2)c(=O)[nH]1. The van der Waals surface area contributed by atoms with Gasteiger partial charge in [0.2, 0.25) is 0 Å². The predicted octanol–water partition coefficient (Wildman–Crippen LogP) is -0.120.